The molecule has 1 atom stereocenters. The highest BCUT2D eigenvalue weighted by atomic mass is 19.1. The fourth-order valence-electron chi connectivity index (χ4n) is 4.07. The summed E-state index contributed by atoms with van der Waals surface area (Å²) in [5.74, 6) is 0.324. The number of rotatable bonds is 5. The molecule has 0 aromatic heterocycles. The highest BCUT2D eigenvalue weighted by Crippen LogP contribution is 2.20. The lowest BCUT2D eigenvalue weighted by Crippen LogP contribution is -2.48. The predicted octanol–water partition coefficient (Wildman–Crippen LogP) is 2.55. The Morgan fingerprint density at radius 1 is 1.22 bits per heavy atom. The number of hydrogen-bond acceptors (Lipinski definition) is 3. The topological polar surface area (TPSA) is 52.7 Å². The van der Waals surface area contributed by atoms with Gasteiger partial charge in [0, 0.05) is 26.6 Å². The van der Waals surface area contributed by atoms with Gasteiger partial charge in [0.15, 0.2) is 0 Å². The number of nitrogens with zero attached hydrogens (tertiary/aromatic N) is 2. The zero-order chi connectivity index (χ0) is 19.2. The van der Waals surface area contributed by atoms with Crippen molar-refractivity contribution in [2.75, 3.05) is 26.7 Å². The van der Waals surface area contributed by atoms with E-state index in [1.54, 1.807) is 24.1 Å². The van der Waals surface area contributed by atoms with Gasteiger partial charge in [-0.15, -0.1) is 0 Å². The summed E-state index contributed by atoms with van der Waals surface area (Å²) in [4.78, 5) is 28.4. The molecule has 0 bridgehead atoms. The summed E-state index contributed by atoms with van der Waals surface area (Å²) in [6, 6.07) is 6.45. The van der Waals surface area contributed by atoms with E-state index in [1.807, 2.05) is 6.07 Å². The SMILES string of the molecule is CN1C(=O)CCCCC1C(=O)NCC1CCN(Cc2cccc(F)c2)CC1. The lowest BCUT2D eigenvalue weighted by molar-refractivity contribution is -0.138. The van der Waals surface area contributed by atoms with Crippen LogP contribution in [-0.4, -0.2) is 54.3 Å². The van der Waals surface area contributed by atoms with E-state index in [1.165, 1.54) is 6.07 Å². The van der Waals surface area contributed by atoms with Gasteiger partial charge in [0.1, 0.15) is 11.9 Å². The van der Waals surface area contributed by atoms with Gasteiger partial charge in [-0.2, -0.15) is 0 Å². The van der Waals surface area contributed by atoms with Crippen molar-refractivity contribution in [1.29, 1.82) is 0 Å². The van der Waals surface area contributed by atoms with Gasteiger partial charge < -0.3 is 10.2 Å². The molecule has 0 saturated carbocycles. The number of hydrogen-bond donors (Lipinski definition) is 1. The summed E-state index contributed by atoms with van der Waals surface area (Å²) >= 11 is 0. The van der Waals surface area contributed by atoms with E-state index >= 15 is 0 Å². The fraction of sp³-hybridized carbons (Fsp3) is 0.619. The quantitative estimate of drug-likeness (QED) is 0.861. The summed E-state index contributed by atoms with van der Waals surface area (Å²) < 4.78 is 13.3. The van der Waals surface area contributed by atoms with E-state index in [0.717, 1.165) is 57.3 Å². The van der Waals surface area contributed by atoms with Crippen LogP contribution >= 0.6 is 0 Å². The Morgan fingerprint density at radius 2 is 2.00 bits per heavy atom. The van der Waals surface area contributed by atoms with Gasteiger partial charge in [0.05, 0.1) is 0 Å². The highest BCUT2D eigenvalue weighted by Gasteiger charge is 2.29. The number of nitrogens with one attached hydrogen (secondary N) is 1. The van der Waals surface area contributed by atoms with E-state index in [4.69, 9.17) is 0 Å². The van der Waals surface area contributed by atoms with Crippen molar-refractivity contribution in [3.8, 4) is 0 Å². The van der Waals surface area contributed by atoms with Crippen LogP contribution in [0.15, 0.2) is 24.3 Å². The second kappa shape index (κ2) is 9.31. The normalized spacial score (nSPS) is 22.5. The molecule has 0 radical (unpaired) electrons. The third-order valence-corrected chi connectivity index (χ3v) is 5.85. The molecule has 6 heteroatoms. The van der Waals surface area contributed by atoms with Gasteiger partial charge in [-0.25, -0.2) is 4.39 Å². The number of carbonyl (C=O) groups excluding carboxylic acids is 2. The monoisotopic (exact) mass is 375 g/mol. The van der Waals surface area contributed by atoms with Gasteiger partial charge in [0.2, 0.25) is 11.8 Å². The van der Waals surface area contributed by atoms with Gasteiger partial charge in [-0.1, -0.05) is 18.6 Å². The average molecular weight is 375 g/mol. The van der Waals surface area contributed by atoms with Crippen LogP contribution in [0.2, 0.25) is 0 Å². The van der Waals surface area contributed by atoms with Crippen LogP contribution in [0, 0.1) is 11.7 Å². The number of likely N-dealkylation sites (N-methyl/N-ethyl adjacent to an activating group) is 1. The molecular weight excluding hydrogens is 345 g/mol. The molecule has 0 spiro atoms. The third-order valence-electron chi connectivity index (χ3n) is 5.85. The zero-order valence-corrected chi connectivity index (χ0v) is 16.1. The summed E-state index contributed by atoms with van der Waals surface area (Å²) in [7, 11) is 1.74. The predicted molar refractivity (Wildman–Crippen MR) is 102 cm³/mol. The van der Waals surface area contributed by atoms with E-state index in [0.29, 0.717) is 18.9 Å². The lowest BCUT2D eigenvalue weighted by atomic mass is 9.96. The Morgan fingerprint density at radius 3 is 2.74 bits per heavy atom. The zero-order valence-electron chi connectivity index (χ0n) is 16.1. The number of likely N-dealkylation sites (tertiary alicyclic amines) is 2. The summed E-state index contributed by atoms with van der Waals surface area (Å²) in [6.07, 6.45) is 5.14. The lowest BCUT2D eigenvalue weighted by Gasteiger charge is -2.32. The van der Waals surface area contributed by atoms with E-state index in [2.05, 4.69) is 10.2 Å². The largest absolute Gasteiger partial charge is 0.354 e. The van der Waals surface area contributed by atoms with Crippen molar-refractivity contribution in [3.63, 3.8) is 0 Å². The molecule has 5 nitrogen and oxygen atoms in total. The number of benzene rings is 1. The molecule has 2 fully saturated rings. The molecule has 27 heavy (non-hydrogen) atoms. The molecule has 0 aliphatic carbocycles. The molecule has 2 saturated heterocycles. The first-order valence-electron chi connectivity index (χ1n) is 10.0. The molecule has 2 amide bonds. The Hall–Kier alpha value is -1.95. The fourth-order valence-corrected chi connectivity index (χ4v) is 4.07. The maximum Gasteiger partial charge on any atom is 0.242 e. The minimum absolute atomic E-state index is 0.0186. The van der Waals surface area contributed by atoms with Crippen LogP contribution in [0.4, 0.5) is 4.39 Å². The van der Waals surface area contributed by atoms with E-state index in [-0.39, 0.29) is 23.7 Å². The first-order chi connectivity index (χ1) is 13.0. The molecule has 2 aliphatic rings. The molecule has 1 unspecified atom stereocenters. The number of piperidine rings is 1. The first kappa shape index (κ1) is 19.8. The standard InChI is InChI=1S/C21H30FN3O2/c1-24-19(7-2-3-8-20(24)26)21(27)23-14-16-9-11-25(12-10-16)15-17-5-4-6-18(22)13-17/h4-6,13,16,19H,2-3,7-12,14-15H2,1H3,(H,23,27). The Bertz CT molecular complexity index is 659. The maximum atomic E-state index is 13.3. The Balaban J connectivity index is 1.41. The van der Waals surface area contributed by atoms with Gasteiger partial charge >= 0.3 is 0 Å². The number of amides is 2. The molecule has 148 valence electrons. The second-order valence-electron chi connectivity index (χ2n) is 7.86. The van der Waals surface area contributed by atoms with Crippen LogP contribution in [0.3, 0.4) is 0 Å². The van der Waals surface area contributed by atoms with Crippen molar-refractivity contribution in [2.24, 2.45) is 5.92 Å². The minimum atomic E-state index is -0.326. The van der Waals surface area contributed by atoms with Crippen LogP contribution in [-0.2, 0) is 16.1 Å². The molecule has 1 aromatic rings. The van der Waals surface area contributed by atoms with Crippen LogP contribution in [0.5, 0.6) is 0 Å². The first-order valence-corrected chi connectivity index (χ1v) is 10.0. The molecule has 1 aromatic carbocycles. The van der Waals surface area contributed by atoms with Gasteiger partial charge in [-0.3, -0.25) is 14.5 Å². The average Bonchev–Trinajstić information content (AvgIpc) is 2.82. The van der Waals surface area contributed by atoms with Gasteiger partial charge in [-0.05, 0) is 62.4 Å². The molecular formula is C21H30FN3O2. The minimum Gasteiger partial charge on any atom is -0.354 e. The molecule has 3 rings (SSSR count). The van der Waals surface area contributed by atoms with Crippen LogP contribution in [0.25, 0.3) is 0 Å². The second-order valence-corrected chi connectivity index (χ2v) is 7.86. The van der Waals surface area contributed by atoms with Crippen molar-refractivity contribution in [1.82, 2.24) is 15.1 Å². The van der Waals surface area contributed by atoms with Crippen molar-refractivity contribution in [3.05, 3.63) is 35.6 Å². The smallest absolute Gasteiger partial charge is 0.242 e. The van der Waals surface area contributed by atoms with Crippen molar-refractivity contribution >= 4 is 11.8 Å². The van der Waals surface area contributed by atoms with Crippen molar-refractivity contribution < 1.29 is 14.0 Å². The number of halogens is 1. The molecule has 1 N–H and O–H groups in total. The van der Waals surface area contributed by atoms with Crippen LogP contribution < -0.4 is 5.32 Å². The molecule has 2 heterocycles. The summed E-state index contributed by atoms with van der Waals surface area (Å²) in [5, 5.41) is 3.07. The highest BCUT2D eigenvalue weighted by molar-refractivity contribution is 5.87. The third kappa shape index (κ3) is 5.51. The van der Waals surface area contributed by atoms with Gasteiger partial charge in [0.25, 0.3) is 0 Å². The summed E-state index contributed by atoms with van der Waals surface area (Å²) in [5.41, 5.74) is 1.00. The Labute approximate surface area is 160 Å². The Kier molecular flexibility index (Phi) is 6.83. The van der Waals surface area contributed by atoms with E-state index < -0.39 is 0 Å². The maximum absolute atomic E-state index is 13.3. The van der Waals surface area contributed by atoms with E-state index in [9.17, 15) is 14.0 Å². The van der Waals surface area contributed by atoms with Crippen LogP contribution in [0.1, 0.15) is 44.1 Å². The summed E-state index contributed by atoms with van der Waals surface area (Å²) in [6.45, 7) is 3.36. The number of carbonyl (C=O) groups is 2. The van der Waals surface area contributed by atoms with Crippen molar-refractivity contribution in [2.45, 2.75) is 51.1 Å². The molecule has 2 aliphatic heterocycles.